The number of hydrogen-bond donors (Lipinski definition) is 1. The van der Waals surface area contributed by atoms with E-state index in [1.54, 1.807) is 28.4 Å². The summed E-state index contributed by atoms with van der Waals surface area (Å²) in [4.78, 5) is 30.6. The van der Waals surface area contributed by atoms with E-state index in [0.29, 0.717) is 18.5 Å². The van der Waals surface area contributed by atoms with Crippen molar-refractivity contribution in [3.63, 3.8) is 0 Å². The third-order valence-corrected chi connectivity index (χ3v) is 5.27. The molecular weight excluding hydrogens is 334 g/mol. The van der Waals surface area contributed by atoms with Gasteiger partial charge in [-0.2, -0.15) is 0 Å². The number of carbonyl (C=O) groups excluding carboxylic acids is 2. The first-order chi connectivity index (χ1) is 12.2. The normalized spacial score (nSPS) is 14.2. The molecule has 6 heteroatoms. The van der Waals surface area contributed by atoms with Crippen LogP contribution in [0.4, 0.5) is 5.69 Å². The molecule has 1 saturated heterocycles. The zero-order chi connectivity index (χ0) is 17.2. The molecule has 0 unspecified atom stereocenters. The summed E-state index contributed by atoms with van der Waals surface area (Å²) in [6.07, 6.45) is 1.45. The van der Waals surface area contributed by atoms with Crippen LogP contribution in [0.2, 0.25) is 0 Å². The number of para-hydroxylation sites is 1. The first kappa shape index (κ1) is 15.8. The highest BCUT2D eigenvalue weighted by molar-refractivity contribution is 7.18. The zero-order valence-corrected chi connectivity index (χ0v) is 14.4. The molecular formula is C19H17N3O2S. The van der Waals surface area contributed by atoms with Crippen LogP contribution in [0.5, 0.6) is 0 Å². The summed E-state index contributed by atoms with van der Waals surface area (Å²) in [5, 5.41) is 3.79. The molecule has 0 radical (unpaired) electrons. The van der Waals surface area contributed by atoms with Gasteiger partial charge < -0.3 is 10.2 Å². The van der Waals surface area contributed by atoms with Gasteiger partial charge in [0.05, 0.1) is 16.8 Å². The SMILES string of the molecule is O=C(NCc1nc2ccccc2s1)c1cccc(N2CCCC2=O)c1. The van der Waals surface area contributed by atoms with E-state index < -0.39 is 0 Å². The van der Waals surface area contributed by atoms with E-state index in [0.717, 1.165) is 33.9 Å². The number of hydrogen-bond acceptors (Lipinski definition) is 4. The predicted octanol–water partition coefficient (Wildman–Crippen LogP) is 3.35. The van der Waals surface area contributed by atoms with Crippen LogP contribution in [0.15, 0.2) is 48.5 Å². The number of nitrogens with one attached hydrogen (secondary N) is 1. The molecule has 2 heterocycles. The number of rotatable bonds is 4. The van der Waals surface area contributed by atoms with E-state index in [2.05, 4.69) is 10.3 Å². The summed E-state index contributed by atoms with van der Waals surface area (Å²) in [6, 6.07) is 15.1. The molecule has 1 fully saturated rings. The molecule has 1 N–H and O–H groups in total. The fourth-order valence-electron chi connectivity index (χ4n) is 2.99. The molecule has 1 aliphatic heterocycles. The Bertz CT molecular complexity index is 918. The van der Waals surface area contributed by atoms with Crippen molar-refractivity contribution in [1.82, 2.24) is 10.3 Å². The topological polar surface area (TPSA) is 62.3 Å². The van der Waals surface area contributed by atoms with Gasteiger partial charge in [-0.05, 0) is 36.8 Å². The lowest BCUT2D eigenvalue weighted by molar-refractivity contribution is -0.117. The van der Waals surface area contributed by atoms with Gasteiger partial charge in [0.1, 0.15) is 5.01 Å². The Labute approximate surface area is 149 Å². The van der Waals surface area contributed by atoms with Crippen LogP contribution in [0.3, 0.4) is 0 Å². The van der Waals surface area contributed by atoms with Gasteiger partial charge in [0, 0.05) is 24.2 Å². The number of thiazole rings is 1. The predicted molar refractivity (Wildman–Crippen MR) is 98.8 cm³/mol. The van der Waals surface area contributed by atoms with E-state index >= 15 is 0 Å². The first-order valence-electron chi connectivity index (χ1n) is 8.24. The third-order valence-electron chi connectivity index (χ3n) is 4.23. The summed E-state index contributed by atoms with van der Waals surface area (Å²) in [6.45, 7) is 1.11. The summed E-state index contributed by atoms with van der Waals surface area (Å²) in [5.74, 6) is -0.0419. The van der Waals surface area contributed by atoms with Gasteiger partial charge in [-0.25, -0.2) is 4.98 Å². The van der Waals surface area contributed by atoms with Crippen molar-refractivity contribution in [3.8, 4) is 0 Å². The van der Waals surface area contributed by atoms with Gasteiger partial charge >= 0.3 is 0 Å². The molecule has 0 saturated carbocycles. The van der Waals surface area contributed by atoms with E-state index in [9.17, 15) is 9.59 Å². The van der Waals surface area contributed by atoms with E-state index in [1.165, 1.54) is 0 Å². The fourth-order valence-corrected chi connectivity index (χ4v) is 3.90. The quantitative estimate of drug-likeness (QED) is 0.784. The second kappa shape index (κ2) is 6.64. The van der Waals surface area contributed by atoms with E-state index in [4.69, 9.17) is 0 Å². The molecule has 2 aromatic carbocycles. The van der Waals surface area contributed by atoms with Gasteiger partial charge in [-0.1, -0.05) is 18.2 Å². The van der Waals surface area contributed by atoms with Crippen LogP contribution in [0, 0.1) is 0 Å². The van der Waals surface area contributed by atoms with Gasteiger partial charge in [0.25, 0.3) is 5.91 Å². The number of fused-ring (bicyclic) bond motifs is 1. The Morgan fingerprint density at radius 1 is 1.20 bits per heavy atom. The molecule has 1 aromatic heterocycles. The van der Waals surface area contributed by atoms with Crippen LogP contribution in [-0.4, -0.2) is 23.3 Å². The summed E-state index contributed by atoms with van der Waals surface area (Å²) >= 11 is 1.58. The minimum Gasteiger partial charge on any atom is -0.346 e. The van der Waals surface area contributed by atoms with Gasteiger partial charge in [0.2, 0.25) is 5.91 Å². The second-order valence-corrected chi connectivity index (χ2v) is 7.07. The highest BCUT2D eigenvalue weighted by Gasteiger charge is 2.22. The standard InChI is InChI=1S/C19H17N3O2S/c23-18-9-4-10-22(18)14-6-3-5-13(11-14)19(24)20-12-17-21-15-7-1-2-8-16(15)25-17/h1-3,5-8,11H,4,9-10,12H2,(H,20,24). The number of benzene rings is 2. The number of anilines is 1. The maximum absolute atomic E-state index is 12.4. The average Bonchev–Trinajstić information content (AvgIpc) is 3.25. The van der Waals surface area contributed by atoms with Gasteiger partial charge in [-0.3, -0.25) is 9.59 Å². The third kappa shape index (κ3) is 3.25. The monoisotopic (exact) mass is 351 g/mol. The van der Waals surface area contributed by atoms with Crippen molar-refractivity contribution in [2.24, 2.45) is 0 Å². The zero-order valence-electron chi connectivity index (χ0n) is 13.6. The lowest BCUT2D eigenvalue weighted by atomic mass is 10.1. The fraction of sp³-hybridized carbons (Fsp3) is 0.211. The highest BCUT2D eigenvalue weighted by Crippen LogP contribution is 2.23. The van der Waals surface area contributed by atoms with Crippen molar-refractivity contribution in [2.45, 2.75) is 19.4 Å². The smallest absolute Gasteiger partial charge is 0.251 e. The van der Waals surface area contributed by atoms with Crippen LogP contribution >= 0.6 is 11.3 Å². The number of aromatic nitrogens is 1. The molecule has 126 valence electrons. The molecule has 25 heavy (non-hydrogen) atoms. The minimum absolute atomic E-state index is 0.118. The van der Waals surface area contributed by atoms with Gasteiger partial charge in [-0.15, -0.1) is 11.3 Å². The molecule has 0 atom stereocenters. The highest BCUT2D eigenvalue weighted by atomic mass is 32.1. The second-order valence-electron chi connectivity index (χ2n) is 5.96. The van der Waals surface area contributed by atoms with Crippen molar-refractivity contribution in [3.05, 3.63) is 59.1 Å². The number of carbonyl (C=O) groups is 2. The summed E-state index contributed by atoms with van der Waals surface area (Å²) in [7, 11) is 0. The van der Waals surface area contributed by atoms with Crippen molar-refractivity contribution >= 4 is 39.1 Å². The lowest BCUT2D eigenvalue weighted by Gasteiger charge is -2.16. The molecule has 0 bridgehead atoms. The Morgan fingerprint density at radius 3 is 2.88 bits per heavy atom. The van der Waals surface area contributed by atoms with Crippen LogP contribution in [0.25, 0.3) is 10.2 Å². The van der Waals surface area contributed by atoms with Crippen molar-refractivity contribution in [2.75, 3.05) is 11.4 Å². The summed E-state index contributed by atoms with van der Waals surface area (Å²) < 4.78 is 1.11. The van der Waals surface area contributed by atoms with E-state index in [1.807, 2.05) is 36.4 Å². The Hall–Kier alpha value is -2.73. The molecule has 0 spiro atoms. The molecule has 2 amide bonds. The lowest BCUT2D eigenvalue weighted by Crippen LogP contribution is -2.25. The number of nitrogens with zero attached hydrogens (tertiary/aromatic N) is 2. The Kier molecular flexibility index (Phi) is 4.19. The van der Waals surface area contributed by atoms with Crippen LogP contribution in [0.1, 0.15) is 28.2 Å². The minimum atomic E-state index is -0.159. The maximum atomic E-state index is 12.4. The Morgan fingerprint density at radius 2 is 2.08 bits per heavy atom. The van der Waals surface area contributed by atoms with Gasteiger partial charge in [0.15, 0.2) is 0 Å². The molecule has 3 aromatic rings. The van der Waals surface area contributed by atoms with Crippen LogP contribution < -0.4 is 10.2 Å². The molecule has 1 aliphatic rings. The molecule has 5 nitrogen and oxygen atoms in total. The summed E-state index contributed by atoms with van der Waals surface area (Å²) in [5.41, 5.74) is 2.29. The largest absolute Gasteiger partial charge is 0.346 e. The van der Waals surface area contributed by atoms with Crippen molar-refractivity contribution in [1.29, 1.82) is 0 Å². The van der Waals surface area contributed by atoms with Crippen molar-refractivity contribution < 1.29 is 9.59 Å². The maximum Gasteiger partial charge on any atom is 0.251 e. The van der Waals surface area contributed by atoms with E-state index in [-0.39, 0.29) is 11.8 Å². The molecule has 4 rings (SSSR count). The van der Waals surface area contributed by atoms with Crippen LogP contribution in [-0.2, 0) is 11.3 Å². The number of amides is 2. The molecule has 0 aliphatic carbocycles. The first-order valence-corrected chi connectivity index (χ1v) is 9.05. The average molecular weight is 351 g/mol. The Balaban J connectivity index is 1.46.